The molecule has 2 atom stereocenters. The SMILES string of the molecule is CC(CNC(=O)OC(C)(C)C)C1CN(Cc2ccccc2)CCN1. The lowest BCUT2D eigenvalue weighted by molar-refractivity contribution is 0.0512. The molecule has 0 radical (unpaired) electrons. The first-order valence-electron chi connectivity index (χ1n) is 8.80. The molecule has 1 heterocycles. The highest BCUT2D eigenvalue weighted by Crippen LogP contribution is 2.12. The first kappa shape index (κ1) is 18.7. The maximum Gasteiger partial charge on any atom is 0.407 e. The van der Waals surface area contributed by atoms with E-state index in [4.69, 9.17) is 4.74 Å². The summed E-state index contributed by atoms with van der Waals surface area (Å²) in [6.07, 6.45) is -0.341. The van der Waals surface area contributed by atoms with Crippen molar-refractivity contribution < 1.29 is 9.53 Å². The fourth-order valence-electron chi connectivity index (χ4n) is 2.91. The summed E-state index contributed by atoms with van der Waals surface area (Å²) in [5, 5.41) is 6.45. The van der Waals surface area contributed by atoms with Gasteiger partial charge in [0.25, 0.3) is 0 Å². The molecule has 0 aromatic heterocycles. The molecule has 0 saturated carbocycles. The largest absolute Gasteiger partial charge is 0.444 e. The average molecular weight is 333 g/mol. The lowest BCUT2D eigenvalue weighted by Crippen LogP contribution is -2.54. The third-order valence-corrected chi connectivity index (χ3v) is 4.19. The number of benzene rings is 1. The van der Waals surface area contributed by atoms with Crippen LogP contribution in [0.5, 0.6) is 0 Å². The lowest BCUT2D eigenvalue weighted by atomic mass is 9.99. The maximum absolute atomic E-state index is 11.8. The Morgan fingerprint density at radius 1 is 1.38 bits per heavy atom. The van der Waals surface area contributed by atoms with Crippen LogP contribution in [-0.2, 0) is 11.3 Å². The Labute approximate surface area is 145 Å². The third-order valence-electron chi connectivity index (χ3n) is 4.19. The molecule has 1 amide bonds. The number of piperazine rings is 1. The van der Waals surface area contributed by atoms with Crippen LogP contribution in [0.1, 0.15) is 33.3 Å². The quantitative estimate of drug-likeness (QED) is 0.870. The highest BCUT2D eigenvalue weighted by molar-refractivity contribution is 5.67. The summed E-state index contributed by atoms with van der Waals surface area (Å²) in [4.78, 5) is 14.3. The van der Waals surface area contributed by atoms with Gasteiger partial charge in [-0.25, -0.2) is 4.79 Å². The molecule has 1 aliphatic heterocycles. The number of hydrogen-bond donors (Lipinski definition) is 2. The van der Waals surface area contributed by atoms with Crippen LogP contribution in [0, 0.1) is 5.92 Å². The molecule has 5 heteroatoms. The van der Waals surface area contributed by atoms with E-state index < -0.39 is 5.60 Å². The van der Waals surface area contributed by atoms with Gasteiger partial charge in [-0.3, -0.25) is 4.90 Å². The van der Waals surface area contributed by atoms with Crippen LogP contribution in [0.2, 0.25) is 0 Å². The third kappa shape index (κ3) is 6.49. The molecule has 2 N–H and O–H groups in total. The van der Waals surface area contributed by atoms with Crippen molar-refractivity contribution in [3.05, 3.63) is 35.9 Å². The van der Waals surface area contributed by atoms with Crippen molar-refractivity contribution >= 4 is 6.09 Å². The van der Waals surface area contributed by atoms with Gasteiger partial charge in [0.15, 0.2) is 0 Å². The molecule has 1 aromatic rings. The van der Waals surface area contributed by atoms with Crippen molar-refractivity contribution in [1.29, 1.82) is 0 Å². The number of hydrogen-bond acceptors (Lipinski definition) is 4. The van der Waals surface area contributed by atoms with Crippen molar-refractivity contribution in [2.45, 2.75) is 45.9 Å². The Hall–Kier alpha value is -1.59. The van der Waals surface area contributed by atoms with Gasteiger partial charge in [0.05, 0.1) is 0 Å². The average Bonchev–Trinajstić information content (AvgIpc) is 2.52. The number of carbonyl (C=O) groups excluding carboxylic acids is 1. The number of alkyl carbamates (subject to hydrolysis) is 1. The second-order valence-electron chi connectivity index (χ2n) is 7.64. The van der Waals surface area contributed by atoms with Crippen LogP contribution in [0.4, 0.5) is 4.79 Å². The zero-order valence-corrected chi connectivity index (χ0v) is 15.3. The maximum atomic E-state index is 11.8. The Kier molecular flexibility index (Phi) is 6.63. The topological polar surface area (TPSA) is 53.6 Å². The van der Waals surface area contributed by atoms with Gasteiger partial charge in [-0.2, -0.15) is 0 Å². The van der Waals surface area contributed by atoms with E-state index in [1.54, 1.807) is 0 Å². The first-order chi connectivity index (χ1) is 11.3. The van der Waals surface area contributed by atoms with Gasteiger partial charge in [-0.15, -0.1) is 0 Å². The van der Waals surface area contributed by atoms with Crippen molar-refractivity contribution in [3.8, 4) is 0 Å². The Bertz CT molecular complexity index is 513. The minimum absolute atomic E-state index is 0.341. The van der Waals surface area contributed by atoms with Gasteiger partial charge in [-0.05, 0) is 32.3 Å². The fourth-order valence-corrected chi connectivity index (χ4v) is 2.91. The van der Waals surface area contributed by atoms with E-state index in [9.17, 15) is 4.79 Å². The van der Waals surface area contributed by atoms with Gasteiger partial charge in [0.1, 0.15) is 5.60 Å². The van der Waals surface area contributed by atoms with Crippen LogP contribution < -0.4 is 10.6 Å². The monoisotopic (exact) mass is 333 g/mol. The minimum Gasteiger partial charge on any atom is -0.444 e. The van der Waals surface area contributed by atoms with Crippen LogP contribution in [0.15, 0.2) is 30.3 Å². The number of rotatable bonds is 5. The molecule has 2 rings (SSSR count). The van der Waals surface area contributed by atoms with E-state index in [1.165, 1.54) is 5.56 Å². The molecule has 1 saturated heterocycles. The summed E-state index contributed by atoms with van der Waals surface area (Å²) in [6.45, 7) is 12.4. The number of carbonyl (C=O) groups is 1. The van der Waals surface area contributed by atoms with Gasteiger partial charge < -0.3 is 15.4 Å². The number of nitrogens with zero attached hydrogens (tertiary/aromatic N) is 1. The summed E-state index contributed by atoms with van der Waals surface area (Å²) in [5.41, 5.74) is 0.890. The molecular formula is C19H31N3O2. The number of amides is 1. The molecule has 1 fully saturated rings. The molecule has 5 nitrogen and oxygen atoms in total. The summed E-state index contributed by atoms with van der Waals surface area (Å²) < 4.78 is 5.29. The highest BCUT2D eigenvalue weighted by Gasteiger charge is 2.25. The molecule has 0 bridgehead atoms. The predicted octanol–water partition coefficient (Wildman–Crippen LogP) is 2.62. The van der Waals surface area contributed by atoms with Crippen LogP contribution in [-0.4, -0.2) is 48.8 Å². The molecule has 0 aliphatic carbocycles. The van der Waals surface area contributed by atoms with E-state index in [1.807, 2.05) is 20.8 Å². The summed E-state index contributed by atoms with van der Waals surface area (Å²) in [7, 11) is 0. The number of nitrogens with one attached hydrogen (secondary N) is 2. The second-order valence-corrected chi connectivity index (χ2v) is 7.64. The highest BCUT2D eigenvalue weighted by atomic mass is 16.6. The fraction of sp³-hybridized carbons (Fsp3) is 0.632. The molecule has 2 unspecified atom stereocenters. The van der Waals surface area contributed by atoms with Crippen molar-refractivity contribution in [2.24, 2.45) is 5.92 Å². The minimum atomic E-state index is -0.455. The zero-order chi connectivity index (χ0) is 17.6. The molecule has 1 aliphatic rings. The standard InChI is InChI=1S/C19H31N3O2/c1-15(12-21-18(23)24-19(2,3)4)17-14-22(11-10-20-17)13-16-8-6-5-7-9-16/h5-9,15,17,20H,10-14H2,1-4H3,(H,21,23). The molecule has 1 aromatic carbocycles. The van der Waals surface area contributed by atoms with Crippen molar-refractivity contribution in [1.82, 2.24) is 15.5 Å². The van der Waals surface area contributed by atoms with E-state index >= 15 is 0 Å². The summed E-state index contributed by atoms with van der Waals surface area (Å²) in [6, 6.07) is 10.9. The van der Waals surface area contributed by atoms with Crippen LogP contribution in [0.25, 0.3) is 0 Å². The summed E-state index contributed by atoms with van der Waals surface area (Å²) in [5.74, 6) is 0.344. The second kappa shape index (κ2) is 8.49. The molecular weight excluding hydrogens is 302 g/mol. The van der Waals surface area contributed by atoms with Gasteiger partial charge >= 0.3 is 6.09 Å². The summed E-state index contributed by atoms with van der Waals surface area (Å²) >= 11 is 0. The molecule has 0 spiro atoms. The van der Waals surface area contributed by atoms with E-state index in [2.05, 4.69) is 52.8 Å². The normalized spacial score (nSPS) is 20.4. The number of ether oxygens (including phenoxy) is 1. The van der Waals surface area contributed by atoms with Gasteiger partial charge in [0, 0.05) is 38.8 Å². The predicted molar refractivity (Wildman–Crippen MR) is 96.9 cm³/mol. The Balaban J connectivity index is 1.77. The zero-order valence-electron chi connectivity index (χ0n) is 15.3. The molecule has 134 valence electrons. The van der Waals surface area contributed by atoms with E-state index in [0.717, 1.165) is 26.2 Å². The van der Waals surface area contributed by atoms with Gasteiger partial charge in [0.2, 0.25) is 0 Å². The Morgan fingerprint density at radius 3 is 2.75 bits per heavy atom. The van der Waals surface area contributed by atoms with Crippen LogP contribution >= 0.6 is 0 Å². The van der Waals surface area contributed by atoms with Gasteiger partial charge in [-0.1, -0.05) is 37.3 Å². The van der Waals surface area contributed by atoms with E-state index in [0.29, 0.717) is 18.5 Å². The lowest BCUT2D eigenvalue weighted by Gasteiger charge is -2.37. The molecule has 24 heavy (non-hydrogen) atoms. The van der Waals surface area contributed by atoms with E-state index in [-0.39, 0.29) is 6.09 Å². The Morgan fingerprint density at radius 2 is 2.08 bits per heavy atom. The van der Waals surface area contributed by atoms with Crippen molar-refractivity contribution in [3.63, 3.8) is 0 Å². The first-order valence-corrected chi connectivity index (χ1v) is 8.80. The van der Waals surface area contributed by atoms with Crippen LogP contribution in [0.3, 0.4) is 0 Å². The van der Waals surface area contributed by atoms with Crippen molar-refractivity contribution in [2.75, 3.05) is 26.2 Å². The smallest absolute Gasteiger partial charge is 0.407 e.